The largest absolute Gasteiger partial charge is 0.391 e. The SMILES string of the molecule is COCCNCC(O)CS(=O)c1cccc(Cl)c1. The van der Waals surface area contributed by atoms with E-state index in [4.69, 9.17) is 16.3 Å². The average Bonchev–Trinajstić information content (AvgIpc) is 2.34. The lowest BCUT2D eigenvalue weighted by molar-refractivity contribution is 0.174. The average molecular weight is 292 g/mol. The molecule has 0 fully saturated rings. The van der Waals surface area contributed by atoms with Crippen molar-refractivity contribution in [3.05, 3.63) is 29.3 Å². The van der Waals surface area contributed by atoms with E-state index >= 15 is 0 Å². The lowest BCUT2D eigenvalue weighted by atomic mass is 10.4. The number of aliphatic hydroxyl groups excluding tert-OH is 1. The quantitative estimate of drug-likeness (QED) is 0.703. The van der Waals surface area contributed by atoms with Crippen molar-refractivity contribution >= 4 is 22.4 Å². The topological polar surface area (TPSA) is 58.6 Å². The van der Waals surface area contributed by atoms with Gasteiger partial charge >= 0.3 is 0 Å². The fourth-order valence-electron chi connectivity index (χ4n) is 1.38. The maximum atomic E-state index is 11.9. The highest BCUT2D eigenvalue weighted by atomic mass is 35.5. The van der Waals surface area contributed by atoms with Gasteiger partial charge in [-0.25, -0.2) is 0 Å². The van der Waals surface area contributed by atoms with E-state index in [0.717, 1.165) is 0 Å². The lowest BCUT2D eigenvalue weighted by Gasteiger charge is -2.11. The van der Waals surface area contributed by atoms with Gasteiger partial charge in [0.2, 0.25) is 0 Å². The predicted molar refractivity (Wildman–Crippen MR) is 73.5 cm³/mol. The van der Waals surface area contributed by atoms with Crippen LogP contribution in [0.15, 0.2) is 29.2 Å². The van der Waals surface area contributed by atoms with Gasteiger partial charge < -0.3 is 15.2 Å². The fraction of sp³-hybridized carbons (Fsp3) is 0.500. The zero-order valence-electron chi connectivity index (χ0n) is 10.3. The van der Waals surface area contributed by atoms with Crippen LogP contribution in [0.3, 0.4) is 0 Å². The third kappa shape index (κ3) is 5.93. The summed E-state index contributed by atoms with van der Waals surface area (Å²) in [5.74, 6) is 0.195. The van der Waals surface area contributed by atoms with Gasteiger partial charge in [0.1, 0.15) is 0 Å². The molecule has 2 N–H and O–H groups in total. The van der Waals surface area contributed by atoms with E-state index in [9.17, 15) is 9.32 Å². The molecular weight excluding hydrogens is 274 g/mol. The summed E-state index contributed by atoms with van der Waals surface area (Å²) in [5.41, 5.74) is 0. The van der Waals surface area contributed by atoms with Crippen LogP contribution in [-0.4, -0.2) is 48.0 Å². The Labute approximate surface area is 115 Å². The number of ether oxygens (including phenoxy) is 1. The molecule has 0 radical (unpaired) electrons. The second-order valence-corrected chi connectivity index (χ2v) is 5.75. The van der Waals surface area contributed by atoms with Crippen molar-refractivity contribution in [2.45, 2.75) is 11.0 Å². The number of halogens is 1. The maximum Gasteiger partial charge on any atom is 0.0783 e. The van der Waals surface area contributed by atoms with Gasteiger partial charge in [0.25, 0.3) is 0 Å². The van der Waals surface area contributed by atoms with Crippen LogP contribution in [-0.2, 0) is 15.5 Å². The summed E-state index contributed by atoms with van der Waals surface area (Å²) in [6.07, 6.45) is -0.651. The molecule has 4 nitrogen and oxygen atoms in total. The van der Waals surface area contributed by atoms with Gasteiger partial charge in [-0.3, -0.25) is 4.21 Å². The highest BCUT2D eigenvalue weighted by Crippen LogP contribution is 2.14. The Morgan fingerprint density at radius 2 is 2.33 bits per heavy atom. The standard InChI is InChI=1S/C12H18ClNO3S/c1-17-6-5-14-8-11(15)9-18(16)12-4-2-3-10(13)7-12/h2-4,7,11,14-15H,5-6,8-9H2,1H3. The molecule has 0 amide bonds. The molecule has 0 aliphatic heterocycles. The van der Waals surface area contributed by atoms with Gasteiger partial charge in [-0.15, -0.1) is 0 Å². The Kier molecular flexibility index (Phi) is 7.46. The summed E-state index contributed by atoms with van der Waals surface area (Å²) in [7, 11) is 0.381. The number of rotatable bonds is 8. The van der Waals surface area contributed by atoms with Crippen molar-refractivity contribution in [1.29, 1.82) is 0 Å². The molecule has 18 heavy (non-hydrogen) atoms. The van der Waals surface area contributed by atoms with E-state index in [1.807, 2.05) is 0 Å². The molecule has 0 heterocycles. The predicted octanol–water partition coefficient (Wildman–Crippen LogP) is 1.04. The third-order valence-electron chi connectivity index (χ3n) is 2.27. The van der Waals surface area contributed by atoms with Crippen molar-refractivity contribution in [3.63, 3.8) is 0 Å². The van der Waals surface area contributed by atoms with E-state index in [1.165, 1.54) is 0 Å². The van der Waals surface area contributed by atoms with Gasteiger partial charge in [0, 0.05) is 30.1 Å². The Morgan fingerprint density at radius 3 is 3.00 bits per heavy atom. The molecule has 0 saturated heterocycles. The molecule has 1 rings (SSSR count). The minimum absolute atomic E-state index is 0.195. The molecule has 0 aliphatic carbocycles. The van der Waals surface area contributed by atoms with Gasteiger partial charge in [-0.2, -0.15) is 0 Å². The van der Waals surface area contributed by atoms with Gasteiger partial charge in [-0.1, -0.05) is 17.7 Å². The Bertz CT molecular complexity index is 389. The lowest BCUT2D eigenvalue weighted by Crippen LogP contribution is -2.32. The van der Waals surface area contributed by atoms with Crippen LogP contribution < -0.4 is 5.32 Å². The minimum Gasteiger partial charge on any atom is -0.391 e. The van der Waals surface area contributed by atoms with Gasteiger partial charge in [0.15, 0.2) is 0 Å². The normalized spacial score (nSPS) is 14.4. The zero-order valence-corrected chi connectivity index (χ0v) is 11.8. The molecule has 6 heteroatoms. The van der Waals surface area contributed by atoms with Crippen LogP contribution in [0.2, 0.25) is 5.02 Å². The third-order valence-corrected chi connectivity index (χ3v) is 3.97. The number of methoxy groups -OCH3 is 1. The van der Waals surface area contributed by atoms with E-state index < -0.39 is 16.9 Å². The Morgan fingerprint density at radius 1 is 1.56 bits per heavy atom. The minimum atomic E-state index is -1.24. The Hall–Kier alpha value is -0.460. The van der Waals surface area contributed by atoms with Crippen LogP contribution in [0.1, 0.15) is 0 Å². The first-order valence-corrected chi connectivity index (χ1v) is 7.35. The van der Waals surface area contributed by atoms with E-state index in [0.29, 0.717) is 29.6 Å². The summed E-state index contributed by atoms with van der Waals surface area (Å²) in [6, 6.07) is 6.87. The van der Waals surface area contributed by atoms with Crippen molar-refractivity contribution in [1.82, 2.24) is 5.32 Å². The van der Waals surface area contributed by atoms with Crippen LogP contribution in [0.5, 0.6) is 0 Å². The second-order valence-electron chi connectivity index (χ2n) is 3.82. The monoisotopic (exact) mass is 291 g/mol. The van der Waals surface area contributed by atoms with Gasteiger partial charge in [0.05, 0.1) is 29.3 Å². The molecule has 0 saturated carbocycles. The van der Waals surface area contributed by atoms with Crippen LogP contribution in [0, 0.1) is 0 Å². The van der Waals surface area contributed by atoms with E-state index in [1.54, 1.807) is 31.4 Å². The molecule has 0 spiro atoms. The summed E-state index contributed by atoms with van der Waals surface area (Å²) in [5, 5.41) is 13.3. The molecule has 1 aromatic carbocycles. The molecule has 2 unspecified atom stereocenters. The molecule has 0 aliphatic rings. The maximum absolute atomic E-state index is 11.9. The molecule has 1 aromatic rings. The summed E-state index contributed by atoms with van der Waals surface area (Å²) >= 11 is 5.82. The van der Waals surface area contributed by atoms with Gasteiger partial charge in [-0.05, 0) is 18.2 Å². The number of hydrogen-bond donors (Lipinski definition) is 2. The summed E-state index contributed by atoms with van der Waals surface area (Å²) < 4.78 is 16.8. The van der Waals surface area contributed by atoms with Crippen LogP contribution >= 0.6 is 11.6 Å². The first kappa shape index (κ1) is 15.6. The second kappa shape index (κ2) is 8.61. The zero-order chi connectivity index (χ0) is 13.4. The summed E-state index contributed by atoms with van der Waals surface area (Å²) in [6.45, 7) is 1.65. The first-order chi connectivity index (χ1) is 8.63. The number of benzene rings is 1. The first-order valence-electron chi connectivity index (χ1n) is 5.65. The molecule has 2 atom stereocenters. The molecule has 0 bridgehead atoms. The fourth-order valence-corrected chi connectivity index (χ4v) is 2.78. The van der Waals surface area contributed by atoms with Crippen molar-refractivity contribution in [3.8, 4) is 0 Å². The van der Waals surface area contributed by atoms with Crippen molar-refractivity contribution in [2.24, 2.45) is 0 Å². The highest BCUT2D eigenvalue weighted by Gasteiger charge is 2.11. The number of hydrogen-bond acceptors (Lipinski definition) is 4. The number of nitrogens with one attached hydrogen (secondary N) is 1. The molecule has 0 aromatic heterocycles. The Balaban J connectivity index is 2.35. The van der Waals surface area contributed by atoms with Crippen molar-refractivity contribution < 1.29 is 14.1 Å². The van der Waals surface area contributed by atoms with Crippen LogP contribution in [0.25, 0.3) is 0 Å². The van der Waals surface area contributed by atoms with Crippen molar-refractivity contribution in [2.75, 3.05) is 32.6 Å². The highest BCUT2D eigenvalue weighted by molar-refractivity contribution is 7.85. The number of aliphatic hydroxyl groups is 1. The van der Waals surface area contributed by atoms with Crippen LogP contribution in [0.4, 0.5) is 0 Å². The van der Waals surface area contributed by atoms with E-state index in [2.05, 4.69) is 5.32 Å². The summed E-state index contributed by atoms with van der Waals surface area (Å²) in [4.78, 5) is 0.637. The smallest absolute Gasteiger partial charge is 0.0783 e. The molecule has 102 valence electrons. The van der Waals surface area contributed by atoms with E-state index in [-0.39, 0.29) is 5.75 Å². The molecular formula is C12H18ClNO3S.